The minimum absolute atomic E-state index is 0.109. The number of rotatable bonds is 3. The van der Waals surface area contributed by atoms with E-state index in [1.807, 2.05) is 0 Å². The van der Waals surface area contributed by atoms with Gasteiger partial charge in [-0.3, -0.25) is 14.2 Å². The predicted molar refractivity (Wildman–Crippen MR) is 107 cm³/mol. The molecule has 0 aromatic carbocycles. The van der Waals surface area contributed by atoms with Gasteiger partial charge in [0.1, 0.15) is 15.6 Å². The topological polar surface area (TPSA) is 106 Å². The zero-order valence-corrected chi connectivity index (χ0v) is 16.5. The molecule has 3 aromatic heterocycles. The molecule has 8 nitrogen and oxygen atoms in total. The van der Waals surface area contributed by atoms with Crippen LogP contribution in [0.5, 0.6) is 5.75 Å². The van der Waals surface area contributed by atoms with Gasteiger partial charge in [0.15, 0.2) is 0 Å². The highest BCUT2D eigenvalue weighted by Crippen LogP contribution is 2.36. The Bertz CT molecular complexity index is 1180. The van der Waals surface area contributed by atoms with Crippen LogP contribution in [0.3, 0.4) is 0 Å². The monoisotopic (exact) mass is 420 g/mol. The number of fused-ring (bicyclic) bond motifs is 1. The number of hydrogen-bond acceptors (Lipinski definition) is 6. The van der Waals surface area contributed by atoms with Crippen LogP contribution in [0, 0.1) is 0 Å². The van der Waals surface area contributed by atoms with Crippen molar-refractivity contribution < 1.29 is 9.53 Å². The van der Waals surface area contributed by atoms with Gasteiger partial charge in [0.05, 0.1) is 24.9 Å². The molecule has 4 rings (SSSR count). The van der Waals surface area contributed by atoms with E-state index in [2.05, 4.69) is 15.3 Å². The lowest BCUT2D eigenvalue weighted by Crippen LogP contribution is -2.38. The molecule has 146 valence electrons. The number of halogens is 1. The average Bonchev–Trinajstić information content (AvgIpc) is 2.97. The molecular weight excluding hydrogens is 404 g/mol. The molecule has 0 bridgehead atoms. The molecule has 0 unspecified atom stereocenters. The summed E-state index contributed by atoms with van der Waals surface area (Å²) in [5, 5.41) is 3.04. The van der Waals surface area contributed by atoms with E-state index in [0.29, 0.717) is 45.8 Å². The second-order valence-corrected chi connectivity index (χ2v) is 7.93. The summed E-state index contributed by atoms with van der Waals surface area (Å²) in [4.78, 5) is 45.1. The molecule has 3 aromatic rings. The molecule has 4 heterocycles. The third-order valence-electron chi connectivity index (χ3n) is 4.74. The minimum Gasteiger partial charge on any atom is -0.495 e. The van der Waals surface area contributed by atoms with Gasteiger partial charge in [-0.25, -0.2) is 9.78 Å². The van der Waals surface area contributed by atoms with Gasteiger partial charge in [-0.05, 0) is 25.0 Å². The van der Waals surface area contributed by atoms with Crippen molar-refractivity contribution in [2.45, 2.75) is 25.3 Å². The van der Waals surface area contributed by atoms with E-state index in [1.165, 1.54) is 29.2 Å². The maximum absolute atomic E-state index is 13.1. The van der Waals surface area contributed by atoms with E-state index in [0.717, 1.165) is 0 Å². The van der Waals surface area contributed by atoms with Gasteiger partial charge in [-0.15, -0.1) is 11.3 Å². The largest absolute Gasteiger partial charge is 0.495 e. The zero-order valence-electron chi connectivity index (χ0n) is 15.0. The lowest BCUT2D eigenvalue weighted by atomic mass is 10.1. The van der Waals surface area contributed by atoms with Crippen LogP contribution in [0.25, 0.3) is 20.7 Å². The quantitative estimate of drug-likeness (QED) is 0.632. The molecule has 1 aliphatic rings. The van der Waals surface area contributed by atoms with Gasteiger partial charge >= 0.3 is 5.69 Å². The molecular formula is C18H17ClN4O4S. The summed E-state index contributed by atoms with van der Waals surface area (Å²) < 4.78 is 6.76. The Balaban J connectivity index is 1.85. The van der Waals surface area contributed by atoms with Crippen molar-refractivity contribution >= 4 is 39.1 Å². The number of H-pyrrole nitrogens is 1. The zero-order chi connectivity index (χ0) is 19.8. The lowest BCUT2D eigenvalue weighted by Gasteiger charge is -2.14. The first kappa shape index (κ1) is 18.7. The Labute approximate surface area is 168 Å². The molecule has 10 heteroatoms. The number of aromatic amines is 1. The van der Waals surface area contributed by atoms with Gasteiger partial charge in [0, 0.05) is 23.4 Å². The number of hydrogen-bond donors (Lipinski definition) is 2. The molecule has 28 heavy (non-hydrogen) atoms. The second-order valence-electron chi connectivity index (χ2n) is 6.52. The fourth-order valence-corrected chi connectivity index (χ4v) is 4.70. The Hall–Kier alpha value is -2.65. The van der Waals surface area contributed by atoms with Crippen LogP contribution in [0.2, 0.25) is 5.15 Å². The standard InChI is InChI=1S/C18H17ClN4O4S/c1-27-10-6-11(16(19)21-8-10)13-7-12-15(28-13)17(25)23(18(26)22-12)9-3-2-4-20-14(24)5-9/h6-9H,2-5H2,1H3,(H,20,24)(H,22,26)/t9-/m1/s1. The fraction of sp³-hybridized carbons (Fsp3) is 0.333. The summed E-state index contributed by atoms with van der Waals surface area (Å²) in [5.74, 6) is 0.377. The number of nitrogens with one attached hydrogen (secondary N) is 2. The van der Waals surface area contributed by atoms with Gasteiger partial charge in [0.2, 0.25) is 5.91 Å². The summed E-state index contributed by atoms with van der Waals surface area (Å²) >= 11 is 7.43. The normalized spacial score (nSPS) is 17.4. The SMILES string of the molecule is COc1cnc(Cl)c(-c2cc3[nH]c(=O)n([C@@H]4CCCNC(=O)C4)c(=O)c3s2)c1. The van der Waals surface area contributed by atoms with Crippen LogP contribution in [0.4, 0.5) is 0 Å². The highest BCUT2D eigenvalue weighted by molar-refractivity contribution is 7.22. The number of methoxy groups -OCH3 is 1. The van der Waals surface area contributed by atoms with Gasteiger partial charge in [-0.1, -0.05) is 11.6 Å². The number of amides is 1. The molecule has 1 aliphatic heterocycles. The van der Waals surface area contributed by atoms with E-state index in [-0.39, 0.29) is 17.5 Å². The van der Waals surface area contributed by atoms with Crippen LogP contribution in [0.1, 0.15) is 25.3 Å². The van der Waals surface area contributed by atoms with Crippen molar-refractivity contribution in [1.82, 2.24) is 19.9 Å². The van der Waals surface area contributed by atoms with Crippen LogP contribution in [0.15, 0.2) is 27.9 Å². The summed E-state index contributed by atoms with van der Waals surface area (Å²) in [7, 11) is 1.53. The van der Waals surface area contributed by atoms with Gasteiger partial charge in [-0.2, -0.15) is 0 Å². The Morgan fingerprint density at radius 2 is 2.14 bits per heavy atom. The van der Waals surface area contributed by atoms with Crippen LogP contribution >= 0.6 is 22.9 Å². The van der Waals surface area contributed by atoms with Crippen molar-refractivity contribution in [1.29, 1.82) is 0 Å². The third kappa shape index (κ3) is 3.31. The Kier molecular flexibility index (Phi) is 4.94. The summed E-state index contributed by atoms with van der Waals surface area (Å²) in [6.07, 6.45) is 2.90. The molecule has 0 aliphatic carbocycles. The minimum atomic E-state index is -0.517. The molecule has 1 saturated heterocycles. The van der Waals surface area contributed by atoms with Crippen molar-refractivity contribution in [3.05, 3.63) is 44.3 Å². The average molecular weight is 421 g/mol. The van der Waals surface area contributed by atoms with E-state index in [9.17, 15) is 14.4 Å². The van der Waals surface area contributed by atoms with E-state index < -0.39 is 17.3 Å². The van der Waals surface area contributed by atoms with Crippen molar-refractivity contribution in [3.63, 3.8) is 0 Å². The molecule has 0 spiro atoms. The first-order valence-electron chi connectivity index (χ1n) is 8.73. The van der Waals surface area contributed by atoms with E-state index >= 15 is 0 Å². The van der Waals surface area contributed by atoms with Crippen molar-refractivity contribution in [2.75, 3.05) is 13.7 Å². The molecule has 0 radical (unpaired) electrons. The molecule has 0 saturated carbocycles. The highest BCUT2D eigenvalue weighted by atomic mass is 35.5. The first-order chi connectivity index (χ1) is 13.5. The predicted octanol–water partition coefficient (Wildman–Crippen LogP) is 2.32. The lowest BCUT2D eigenvalue weighted by molar-refractivity contribution is -0.121. The number of thiophene rings is 1. The second kappa shape index (κ2) is 7.40. The maximum atomic E-state index is 13.1. The summed E-state index contributed by atoms with van der Waals surface area (Å²) in [6.45, 7) is 0.550. The number of aromatic nitrogens is 3. The van der Waals surface area contributed by atoms with Crippen molar-refractivity contribution in [2.24, 2.45) is 0 Å². The molecule has 1 atom stereocenters. The molecule has 2 N–H and O–H groups in total. The van der Waals surface area contributed by atoms with Crippen LogP contribution < -0.4 is 21.3 Å². The number of carbonyl (C=O) groups is 1. The maximum Gasteiger partial charge on any atom is 0.329 e. The number of pyridine rings is 1. The third-order valence-corrected chi connectivity index (χ3v) is 6.20. The van der Waals surface area contributed by atoms with E-state index in [1.54, 1.807) is 12.1 Å². The molecule has 1 fully saturated rings. The van der Waals surface area contributed by atoms with Crippen LogP contribution in [-0.2, 0) is 4.79 Å². The van der Waals surface area contributed by atoms with Gasteiger partial charge < -0.3 is 15.0 Å². The summed E-state index contributed by atoms with van der Waals surface area (Å²) in [6, 6.07) is 2.97. The van der Waals surface area contributed by atoms with Crippen LogP contribution in [-0.4, -0.2) is 34.1 Å². The summed E-state index contributed by atoms with van der Waals surface area (Å²) in [5.41, 5.74) is 0.129. The Morgan fingerprint density at radius 3 is 2.93 bits per heavy atom. The molecule has 1 amide bonds. The number of carbonyl (C=O) groups excluding carboxylic acids is 1. The number of ether oxygens (including phenoxy) is 1. The fourth-order valence-electron chi connectivity index (χ4n) is 3.37. The smallest absolute Gasteiger partial charge is 0.329 e. The van der Waals surface area contributed by atoms with Crippen molar-refractivity contribution in [3.8, 4) is 16.2 Å². The number of nitrogens with zero attached hydrogens (tertiary/aromatic N) is 2. The highest BCUT2D eigenvalue weighted by Gasteiger charge is 2.24. The van der Waals surface area contributed by atoms with Gasteiger partial charge in [0.25, 0.3) is 5.56 Å². The van der Waals surface area contributed by atoms with E-state index in [4.69, 9.17) is 16.3 Å². The Morgan fingerprint density at radius 1 is 1.32 bits per heavy atom. The first-order valence-corrected chi connectivity index (χ1v) is 9.92.